The summed E-state index contributed by atoms with van der Waals surface area (Å²) in [5.41, 5.74) is 2.03. The molecule has 0 radical (unpaired) electrons. The van der Waals surface area contributed by atoms with Gasteiger partial charge in [-0.3, -0.25) is 0 Å². The number of aryl methyl sites for hydroxylation is 1. The summed E-state index contributed by atoms with van der Waals surface area (Å²) in [5.74, 6) is 1.45. The molecule has 1 aromatic carbocycles. The molecule has 0 aliphatic heterocycles. The molecule has 0 amide bonds. The average Bonchev–Trinajstić information content (AvgIpc) is 2.98. The second-order valence-corrected chi connectivity index (χ2v) is 4.31. The Morgan fingerprint density at radius 2 is 1.74 bits per heavy atom. The number of hydrogen-bond acceptors (Lipinski definition) is 2. The van der Waals surface area contributed by atoms with Crippen molar-refractivity contribution in [2.24, 2.45) is 0 Å². The van der Waals surface area contributed by atoms with Crippen molar-refractivity contribution in [3.8, 4) is 22.8 Å². The maximum Gasteiger partial charge on any atom is 0.227 e. The Hall–Kier alpha value is -2.42. The summed E-state index contributed by atoms with van der Waals surface area (Å²) >= 11 is 0. The normalized spacial score (nSPS) is 10.6. The van der Waals surface area contributed by atoms with E-state index in [2.05, 4.69) is 16.5 Å². The third-order valence-corrected chi connectivity index (χ3v) is 3.07. The topological polar surface area (TPSA) is 29.9 Å². The van der Waals surface area contributed by atoms with Gasteiger partial charge < -0.3 is 4.42 Å². The summed E-state index contributed by atoms with van der Waals surface area (Å²) < 4.78 is 7.91. The van der Waals surface area contributed by atoms with E-state index < -0.39 is 0 Å². The van der Waals surface area contributed by atoms with Gasteiger partial charge in [-0.1, -0.05) is 30.3 Å². The maximum atomic E-state index is 5.81. The molecule has 0 N–H and O–H groups in total. The highest BCUT2D eigenvalue weighted by molar-refractivity contribution is 5.60. The number of nitrogens with zero attached hydrogens (tertiary/aromatic N) is 2. The quantitative estimate of drug-likeness (QED) is 0.668. The SMILES string of the molecule is CC[n+]1ccc(-c2ncc(-c3ccccc3)o2)cc1. The number of pyridine rings is 1. The molecule has 2 heterocycles. The Labute approximate surface area is 112 Å². The molecule has 0 atom stereocenters. The Kier molecular flexibility index (Phi) is 3.11. The van der Waals surface area contributed by atoms with Crippen molar-refractivity contribution in [1.82, 2.24) is 4.98 Å². The predicted molar refractivity (Wildman–Crippen MR) is 73.2 cm³/mol. The monoisotopic (exact) mass is 251 g/mol. The average molecular weight is 251 g/mol. The highest BCUT2D eigenvalue weighted by Gasteiger charge is 2.09. The number of rotatable bonds is 3. The second kappa shape index (κ2) is 5.06. The third kappa shape index (κ3) is 2.40. The van der Waals surface area contributed by atoms with E-state index in [1.54, 1.807) is 6.20 Å². The van der Waals surface area contributed by atoms with Crippen LogP contribution in [0.4, 0.5) is 0 Å². The van der Waals surface area contributed by atoms with E-state index in [-0.39, 0.29) is 0 Å². The highest BCUT2D eigenvalue weighted by Crippen LogP contribution is 2.24. The van der Waals surface area contributed by atoms with E-state index in [9.17, 15) is 0 Å². The van der Waals surface area contributed by atoms with Crippen LogP contribution in [0, 0.1) is 0 Å². The molecule has 3 rings (SSSR count). The maximum absolute atomic E-state index is 5.81. The van der Waals surface area contributed by atoms with Crippen LogP contribution in [0.3, 0.4) is 0 Å². The first-order valence-corrected chi connectivity index (χ1v) is 6.37. The lowest BCUT2D eigenvalue weighted by atomic mass is 10.2. The molecule has 3 nitrogen and oxygen atoms in total. The van der Waals surface area contributed by atoms with Crippen molar-refractivity contribution in [1.29, 1.82) is 0 Å². The predicted octanol–water partition coefficient (Wildman–Crippen LogP) is 3.32. The minimum absolute atomic E-state index is 0.655. The van der Waals surface area contributed by atoms with E-state index in [0.717, 1.165) is 23.4 Å². The molecule has 0 bridgehead atoms. The number of hydrogen-bond donors (Lipinski definition) is 0. The van der Waals surface area contributed by atoms with Crippen LogP contribution in [0.2, 0.25) is 0 Å². The van der Waals surface area contributed by atoms with Crippen LogP contribution in [-0.2, 0) is 6.54 Å². The minimum Gasteiger partial charge on any atom is -0.436 e. The van der Waals surface area contributed by atoms with Gasteiger partial charge in [0, 0.05) is 23.3 Å². The fraction of sp³-hybridized carbons (Fsp3) is 0.125. The van der Waals surface area contributed by atoms with Crippen molar-refractivity contribution < 1.29 is 8.98 Å². The van der Waals surface area contributed by atoms with E-state index in [1.807, 2.05) is 54.9 Å². The molecule has 0 aliphatic carbocycles. The summed E-state index contributed by atoms with van der Waals surface area (Å²) in [4.78, 5) is 4.34. The Morgan fingerprint density at radius 1 is 1.00 bits per heavy atom. The zero-order valence-corrected chi connectivity index (χ0v) is 10.8. The smallest absolute Gasteiger partial charge is 0.227 e. The van der Waals surface area contributed by atoms with Crippen molar-refractivity contribution >= 4 is 0 Å². The van der Waals surface area contributed by atoms with Crippen molar-refractivity contribution in [2.45, 2.75) is 13.5 Å². The van der Waals surface area contributed by atoms with Crippen LogP contribution < -0.4 is 4.57 Å². The van der Waals surface area contributed by atoms with E-state index in [0.29, 0.717) is 5.89 Å². The fourth-order valence-electron chi connectivity index (χ4n) is 1.95. The van der Waals surface area contributed by atoms with Gasteiger partial charge in [0.15, 0.2) is 18.2 Å². The number of benzene rings is 1. The summed E-state index contributed by atoms with van der Waals surface area (Å²) in [6, 6.07) is 14.0. The van der Waals surface area contributed by atoms with Gasteiger partial charge in [0.25, 0.3) is 0 Å². The molecule has 19 heavy (non-hydrogen) atoms. The number of aromatic nitrogens is 2. The lowest BCUT2D eigenvalue weighted by Gasteiger charge is -1.96. The van der Waals surface area contributed by atoms with Gasteiger partial charge in [0.05, 0.1) is 6.20 Å². The first kappa shape index (κ1) is 11.7. The Morgan fingerprint density at radius 3 is 2.42 bits per heavy atom. The third-order valence-electron chi connectivity index (χ3n) is 3.07. The van der Waals surface area contributed by atoms with Crippen molar-refractivity contribution in [2.75, 3.05) is 0 Å². The van der Waals surface area contributed by atoms with Crippen LogP contribution in [0.5, 0.6) is 0 Å². The largest absolute Gasteiger partial charge is 0.436 e. The van der Waals surface area contributed by atoms with Crippen LogP contribution in [0.15, 0.2) is 65.5 Å². The highest BCUT2D eigenvalue weighted by atomic mass is 16.4. The van der Waals surface area contributed by atoms with Crippen LogP contribution in [-0.4, -0.2) is 4.98 Å². The summed E-state index contributed by atoms with van der Waals surface area (Å²) in [7, 11) is 0. The Bertz CT molecular complexity index is 657. The summed E-state index contributed by atoms with van der Waals surface area (Å²) in [6.07, 6.45) is 5.83. The van der Waals surface area contributed by atoms with Gasteiger partial charge in [-0.25, -0.2) is 9.55 Å². The van der Waals surface area contributed by atoms with Gasteiger partial charge in [-0.15, -0.1) is 0 Å². The zero-order chi connectivity index (χ0) is 13.1. The summed E-state index contributed by atoms with van der Waals surface area (Å²) in [5, 5.41) is 0. The van der Waals surface area contributed by atoms with Gasteiger partial charge in [0.2, 0.25) is 5.89 Å². The summed E-state index contributed by atoms with van der Waals surface area (Å²) in [6.45, 7) is 3.07. The molecule has 0 saturated heterocycles. The van der Waals surface area contributed by atoms with Gasteiger partial charge in [-0.05, 0) is 6.92 Å². The van der Waals surface area contributed by atoms with E-state index >= 15 is 0 Å². The standard InChI is InChI=1S/C16H15N2O/c1-2-18-10-8-14(9-11-18)16-17-12-15(19-16)13-6-4-3-5-7-13/h3-12H,2H2,1H3/q+1. The van der Waals surface area contributed by atoms with E-state index in [1.165, 1.54) is 0 Å². The second-order valence-electron chi connectivity index (χ2n) is 4.31. The van der Waals surface area contributed by atoms with Gasteiger partial charge in [0.1, 0.15) is 6.54 Å². The Balaban J connectivity index is 1.92. The molecule has 94 valence electrons. The van der Waals surface area contributed by atoms with Crippen LogP contribution in [0.1, 0.15) is 6.92 Å². The zero-order valence-electron chi connectivity index (χ0n) is 10.8. The molecular formula is C16H15N2O+. The molecule has 3 aromatic rings. The molecule has 0 saturated carbocycles. The first-order chi connectivity index (χ1) is 9.36. The number of oxazole rings is 1. The molecule has 0 fully saturated rings. The lowest BCUT2D eigenvalue weighted by molar-refractivity contribution is -0.693. The molecule has 0 unspecified atom stereocenters. The van der Waals surface area contributed by atoms with Crippen LogP contribution >= 0.6 is 0 Å². The van der Waals surface area contributed by atoms with Crippen LogP contribution in [0.25, 0.3) is 22.8 Å². The lowest BCUT2D eigenvalue weighted by Crippen LogP contribution is -2.30. The molecule has 0 spiro atoms. The minimum atomic E-state index is 0.655. The van der Waals surface area contributed by atoms with Gasteiger partial charge in [-0.2, -0.15) is 0 Å². The molecule has 2 aromatic heterocycles. The van der Waals surface area contributed by atoms with E-state index in [4.69, 9.17) is 4.42 Å². The molecule has 0 aliphatic rings. The first-order valence-electron chi connectivity index (χ1n) is 6.37. The van der Waals surface area contributed by atoms with Crippen molar-refractivity contribution in [3.05, 3.63) is 61.1 Å². The molecular weight excluding hydrogens is 236 g/mol. The fourth-order valence-corrected chi connectivity index (χ4v) is 1.95. The van der Waals surface area contributed by atoms with Crippen molar-refractivity contribution in [3.63, 3.8) is 0 Å². The molecule has 3 heteroatoms. The van der Waals surface area contributed by atoms with Gasteiger partial charge >= 0.3 is 0 Å².